The molecule has 19 heavy (non-hydrogen) atoms. The quantitative estimate of drug-likeness (QED) is 0.908. The third kappa shape index (κ3) is 2.79. The van der Waals surface area contributed by atoms with E-state index >= 15 is 0 Å². The fourth-order valence-electron chi connectivity index (χ4n) is 2.26. The van der Waals surface area contributed by atoms with Gasteiger partial charge >= 0.3 is 0 Å². The normalized spacial score (nSPS) is 12.3. The van der Waals surface area contributed by atoms with Crippen LogP contribution in [0.25, 0.3) is 0 Å². The second-order valence-electron chi connectivity index (χ2n) is 5.04. The Morgan fingerprint density at radius 3 is 2.21 bits per heavy atom. The van der Waals surface area contributed by atoms with E-state index < -0.39 is 0 Å². The molecule has 0 saturated heterocycles. The summed E-state index contributed by atoms with van der Waals surface area (Å²) in [4.78, 5) is 0. The summed E-state index contributed by atoms with van der Waals surface area (Å²) in [5.74, 6) is 0.869. The van der Waals surface area contributed by atoms with Gasteiger partial charge in [-0.25, -0.2) is 0 Å². The molecule has 2 heteroatoms. The van der Waals surface area contributed by atoms with Gasteiger partial charge in [0.05, 0.1) is 13.2 Å². The molecule has 0 fully saturated rings. The number of benzene rings is 2. The van der Waals surface area contributed by atoms with Crippen molar-refractivity contribution in [3.63, 3.8) is 0 Å². The molecule has 0 aliphatic heterocycles. The molecule has 1 unspecified atom stereocenters. The molecule has 0 aliphatic rings. The zero-order valence-corrected chi connectivity index (χ0v) is 12.0. The molecule has 0 radical (unpaired) electrons. The summed E-state index contributed by atoms with van der Waals surface area (Å²) >= 11 is 0. The number of nitrogens with two attached hydrogens (primary N) is 1. The first kappa shape index (κ1) is 13.6. The van der Waals surface area contributed by atoms with Gasteiger partial charge in [0.25, 0.3) is 0 Å². The van der Waals surface area contributed by atoms with Crippen molar-refractivity contribution in [3.05, 3.63) is 64.2 Å². The maximum Gasteiger partial charge on any atom is 0.119 e. The van der Waals surface area contributed by atoms with E-state index in [2.05, 4.69) is 39.0 Å². The number of methoxy groups -OCH3 is 1. The minimum Gasteiger partial charge on any atom is -0.497 e. The summed E-state index contributed by atoms with van der Waals surface area (Å²) in [5.41, 5.74) is 12.4. The number of hydrogen-bond donors (Lipinski definition) is 1. The molecule has 2 N–H and O–H groups in total. The lowest BCUT2D eigenvalue weighted by atomic mass is 9.93. The second kappa shape index (κ2) is 5.45. The van der Waals surface area contributed by atoms with Crippen LogP contribution in [0.3, 0.4) is 0 Å². The van der Waals surface area contributed by atoms with Crippen molar-refractivity contribution in [1.29, 1.82) is 0 Å². The van der Waals surface area contributed by atoms with Gasteiger partial charge in [0.15, 0.2) is 0 Å². The first-order chi connectivity index (χ1) is 9.02. The smallest absolute Gasteiger partial charge is 0.119 e. The molecule has 2 nitrogen and oxygen atoms in total. The Hall–Kier alpha value is -1.80. The van der Waals surface area contributed by atoms with Crippen LogP contribution >= 0.6 is 0 Å². The van der Waals surface area contributed by atoms with Crippen molar-refractivity contribution in [3.8, 4) is 5.75 Å². The Kier molecular flexibility index (Phi) is 3.91. The lowest BCUT2D eigenvalue weighted by Gasteiger charge is -2.17. The van der Waals surface area contributed by atoms with Crippen LogP contribution < -0.4 is 10.5 Å². The van der Waals surface area contributed by atoms with E-state index in [1.807, 2.05) is 18.2 Å². The molecule has 0 bridgehead atoms. The van der Waals surface area contributed by atoms with Crippen LogP contribution in [0.1, 0.15) is 33.9 Å². The molecule has 0 aromatic heterocycles. The van der Waals surface area contributed by atoms with Crippen molar-refractivity contribution in [2.45, 2.75) is 26.8 Å². The monoisotopic (exact) mass is 255 g/mol. The van der Waals surface area contributed by atoms with E-state index in [1.165, 1.54) is 11.1 Å². The summed E-state index contributed by atoms with van der Waals surface area (Å²) in [7, 11) is 1.68. The molecule has 0 heterocycles. The molecule has 0 aliphatic carbocycles. The lowest BCUT2D eigenvalue weighted by Crippen LogP contribution is -2.13. The average Bonchev–Trinajstić information content (AvgIpc) is 2.41. The van der Waals surface area contributed by atoms with Crippen LogP contribution in [0.4, 0.5) is 0 Å². The van der Waals surface area contributed by atoms with Gasteiger partial charge in [0, 0.05) is 0 Å². The summed E-state index contributed by atoms with van der Waals surface area (Å²) in [6.45, 7) is 6.30. The fraction of sp³-hybridized carbons (Fsp3) is 0.294. The highest BCUT2D eigenvalue weighted by Crippen LogP contribution is 2.26. The highest BCUT2D eigenvalue weighted by atomic mass is 16.5. The van der Waals surface area contributed by atoms with E-state index in [0.29, 0.717) is 0 Å². The molecule has 2 rings (SSSR count). The Balaban J connectivity index is 2.38. The van der Waals surface area contributed by atoms with E-state index in [4.69, 9.17) is 10.5 Å². The van der Waals surface area contributed by atoms with E-state index in [9.17, 15) is 0 Å². The van der Waals surface area contributed by atoms with Crippen molar-refractivity contribution in [2.75, 3.05) is 7.11 Å². The molecule has 0 saturated carbocycles. The van der Waals surface area contributed by atoms with Crippen molar-refractivity contribution < 1.29 is 4.74 Å². The van der Waals surface area contributed by atoms with Gasteiger partial charge in [-0.2, -0.15) is 0 Å². The Labute approximate surface area is 115 Å². The second-order valence-corrected chi connectivity index (χ2v) is 5.04. The first-order valence-electron chi connectivity index (χ1n) is 6.50. The van der Waals surface area contributed by atoms with Crippen LogP contribution in [-0.4, -0.2) is 7.11 Å². The van der Waals surface area contributed by atoms with Gasteiger partial charge in [-0.3, -0.25) is 0 Å². The van der Waals surface area contributed by atoms with Crippen molar-refractivity contribution in [1.82, 2.24) is 0 Å². The van der Waals surface area contributed by atoms with Crippen molar-refractivity contribution in [2.24, 2.45) is 5.73 Å². The predicted octanol–water partition coefficient (Wildman–Crippen LogP) is 3.67. The molecular formula is C17H21NO. The van der Waals surface area contributed by atoms with E-state index in [1.54, 1.807) is 7.11 Å². The molecule has 2 aromatic carbocycles. The van der Waals surface area contributed by atoms with Gasteiger partial charge in [-0.15, -0.1) is 0 Å². The Morgan fingerprint density at radius 2 is 1.63 bits per heavy atom. The lowest BCUT2D eigenvalue weighted by molar-refractivity contribution is 0.414. The fourth-order valence-corrected chi connectivity index (χ4v) is 2.26. The molecule has 2 aromatic rings. The van der Waals surface area contributed by atoms with Gasteiger partial charge in [-0.05, 0) is 60.7 Å². The van der Waals surface area contributed by atoms with E-state index in [0.717, 1.165) is 22.4 Å². The first-order valence-corrected chi connectivity index (χ1v) is 6.50. The summed E-state index contributed by atoms with van der Waals surface area (Å²) in [6, 6.07) is 12.3. The number of rotatable bonds is 3. The maximum absolute atomic E-state index is 6.39. The molecule has 100 valence electrons. The zero-order valence-electron chi connectivity index (χ0n) is 12.0. The molecule has 1 atom stereocenters. The maximum atomic E-state index is 6.39. The van der Waals surface area contributed by atoms with E-state index in [-0.39, 0.29) is 6.04 Å². The van der Waals surface area contributed by atoms with Crippen LogP contribution in [0, 0.1) is 20.8 Å². The van der Waals surface area contributed by atoms with Crippen molar-refractivity contribution >= 4 is 0 Å². The highest BCUT2D eigenvalue weighted by molar-refractivity contribution is 5.42. The zero-order chi connectivity index (χ0) is 14.0. The summed E-state index contributed by atoms with van der Waals surface area (Å²) < 4.78 is 5.23. The van der Waals surface area contributed by atoms with Crippen LogP contribution in [-0.2, 0) is 0 Å². The average molecular weight is 255 g/mol. The standard InChI is InChI=1S/C17H21NO/c1-11-5-6-14(9-12(11)2)17(18)16-8-7-15(19-4)10-13(16)3/h5-10,17H,18H2,1-4H3. The molecule has 0 amide bonds. The number of aryl methyl sites for hydroxylation is 3. The topological polar surface area (TPSA) is 35.2 Å². The largest absolute Gasteiger partial charge is 0.497 e. The number of hydrogen-bond acceptors (Lipinski definition) is 2. The molecule has 0 spiro atoms. The highest BCUT2D eigenvalue weighted by Gasteiger charge is 2.12. The molecular weight excluding hydrogens is 234 g/mol. The Bertz CT molecular complexity index is 590. The third-order valence-electron chi connectivity index (χ3n) is 3.70. The van der Waals surface area contributed by atoms with Gasteiger partial charge in [-0.1, -0.05) is 24.3 Å². The van der Waals surface area contributed by atoms with Gasteiger partial charge in [0.1, 0.15) is 5.75 Å². The van der Waals surface area contributed by atoms with Crippen LogP contribution in [0.2, 0.25) is 0 Å². The minimum absolute atomic E-state index is 0.0924. The van der Waals surface area contributed by atoms with Gasteiger partial charge < -0.3 is 10.5 Å². The number of ether oxygens (including phenoxy) is 1. The predicted molar refractivity (Wildman–Crippen MR) is 79.7 cm³/mol. The summed E-state index contributed by atoms with van der Waals surface area (Å²) in [6.07, 6.45) is 0. The minimum atomic E-state index is -0.0924. The van der Waals surface area contributed by atoms with Crippen LogP contribution in [0.5, 0.6) is 5.75 Å². The van der Waals surface area contributed by atoms with Crippen LogP contribution in [0.15, 0.2) is 36.4 Å². The third-order valence-corrected chi connectivity index (χ3v) is 3.70. The SMILES string of the molecule is COc1ccc(C(N)c2ccc(C)c(C)c2)c(C)c1. The Morgan fingerprint density at radius 1 is 0.895 bits per heavy atom. The van der Waals surface area contributed by atoms with Gasteiger partial charge in [0.2, 0.25) is 0 Å². The summed E-state index contributed by atoms with van der Waals surface area (Å²) in [5, 5.41) is 0.